The fourth-order valence-electron chi connectivity index (χ4n) is 0.785. The quantitative estimate of drug-likeness (QED) is 0.613. The summed E-state index contributed by atoms with van der Waals surface area (Å²) in [5, 5.41) is 0. The molecule has 0 saturated carbocycles. The number of ether oxygens (including phenoxy) is 1. The zero-order valence-electron chi connectivity index (χ0n) is 9.69. The Balaban J connectivity index is 3.70. The first-order chi connectivity index (χ1) is 7.02. The molecule has 0 amide bonds. The van der Waals surface area contributed by atoms with Crippen molar-refractivity contribution >= 4 is 17.2 Å². The third kappa shape index (κ3) is 5.86. The molecular formula is C9H19NO4S. The van der Waals surface area contributed by atoms with Crippen LogP contribution in [0.15, 0.2) is 0 Å². The average Bonchev–Trinajstić information content (AvgIpc) is 2.26. The van der Waals surface area contributed by atoms with Gasteiger partial charge in [-0.1, -0.05) is 13.8 Å². The second kappa shape index (κ2) is 7.78. The topological polar surface area (TPSA) is 55.8 Å². The second-order valence-electron chi connectivity index (χ2n) is 3.21. The van der Waals surface area contributed by atoms with Gasteiger partial charge in [0.1, 0.15) is 6.61 Å². The van der Waals surface area contributed by atoms with Crippen molar-refractivity contribution in [3.05, 3.63) is 0 Å². The number of hydrogen-bond acceptors (Lipinski definition) is 4. The Morgan fingerprint density at radius 1 is 1.53 bits per heavy atom. The maximum Gasteiger partial charge on any atom is 0.308 e. The molecule has 0 fully saturated rings. The highest BCUT2D eigenvalue weighted by molar-refractivity contribution is 7.77. The van der Waals surface area contributed by atoms with Crippen LogP contribution in [-0.4, -0.2) is 41.8 Å². The van der Waals surface area contributed by atoms with E-state index < -0.39 is 11.3 Å². The molecule has 0 radical (unpaired) electrons. The fraction of sp³-hybridized carbons (Fsp3) is 0.889. The van der Waals surface area contributed by atoms with Crippen molar-refractivity contribution in [2.24, 2.45) is 5.92 Å². The highest BCUT2D eigenvalue weighted by atomic mass is 32.2. The normalized spacial score (nSPS) is 15.0. The van der Waals surface area contributed by atoms with Crippen LogP contribution >= 0.6 is 0 Å². The van der Waals surface area contributed by atoms with Crippen molar-refractivity contribution < 1.29 is 17.9 Å². The minimum atomic E-state index is -1.46. The molecule has 0 aromatic rings. The number of nitrogens with zero attached hydrogens (tertiary/aromatic N) is 1. The maximum atomic E-state index is 11.2. The van der Waals surface area contributed by atoms with E-state index in [9.17, 15) is 9.00 Å². The number of likely N-dealkylation sites (N-methyl/N-ethyl adjacent to an activating group) is 1. The summed E-state index contributed by atoms with van der Waals surface area (Å²) in [6, 6.07) is 0. The Labute approximate surface area is 93.5 Å². The van der Waals surface area contributed by atoms with Gasteiger partial charge in [0.05, 0.1) is 13.0 Å². The van der Waals surface area contributed by atoms with E-state index in [1.165, 1.54) is 11.4 Å². The molecule has 0 rings (SSSR count). The van der Waals surface area contributed by atoms with Crippen molar-refractivity contribution in [3.63, 3.8) is 0 Å². The smallest absolute Gasteiger partial charge is 0.308 e. The van der Waals surface area contributed by atoms with Crippen LogP contribution in [-0.2, 0) is 25.0 Å². The van der Waals surface area contributed by atoms with Gasteiger partial charge >= 0.3 is 5.97 Å². The molecule has 0 aromatic heterocycles. The molecule has 15 heavy (non-hydrogen) atoms. The lowest BCUT2D eigenvalue weighted by Crippen LogP contribution is -2.28. The summed E-state index contributed by atoms with van der Waals surface area (Å²) in [5.74, 6) is -0.294. The van der Waals surface area contributed by atoms with Crippen LogP contribution in [0.4, 0.5) is 0 Å². The van der Waals surface area contributed by atoms with Crippen LogP contribution < -0.4 is 0 Å². The Hall–Kier alpha value is -0.460. The molecule has 0 aliphatic heterocycles. The summed E-state index contributed by atoms with van der Waals surface area (Å²) < 4.78 is 22.1. The van der Waals surface area contributed by atoms with E-state index in [1.54, 1.807) is 7.05 Å². The van der Waals surface area contributed by atoms with E-state index >= 15 is 0 Å². The fourth-order valence-corrected chi connectivity index (χ4v) is 1.26. The number of rotatable bonds is 7. The highest BCUT2D eigenvalue weighted by Gasteiger charge is 2.13. The lowest BCUT2D eigenvalue weighted by atomic mass is 10.1. The molecule has 0 N–H and O–H groups in total. The number of carbonyl (C=O) groups is 1. The van der Waals surface area contributed by atoms with Gasteiger partial charge in [-0.05, 0) is 6.42 Å². The molecule has 0 aliphatic rings. The Bertz CT molecular complexity index is 222. The van der Waals surface area contributed by atoms with Crippen molar-refractivity contribution in [2.45, 2.75) is 20.3 Å². The van der Waals surface area contributed by atoms with Gasteiger partial charge in [0, 0.05) is 13.6 Å². The van der Waals surface area contributed by atoms with Gasteiger partial charge in [-0.3, -0.25) is 8.98 Å². The highest BCUT2D eigenvalue weighted by Crippen LogP contribution is 2.03. The Morgan fingerprint density at radius 3 is 2.60 bits per heavy atom. The molecule has 90 valence electrons. The van der Waals surface area contributed by atoms with E-state index in [1.807, 2.05) is 13.8 Å². The Kier molecular flexibility index (Phi) is 7.54. The number of carbonyl (C=O) groups excluding carboxylic acids is 1. The first-order valence-corrected chi connectivity index (χ1v) is 5.90. The van der Waals surface area contributed by atoms with Crippen LogP contribution in [0.25, 0.3) is 0 Å². The number of hydrogen-bond donors (Lipinski definition) is 0. The standard InChI is InChI=1S/C9H19NO4S/c1-5-8(2)9(11)14-7-6-10(3)15(12)13-4/h8H,5-7H2,1-4H3. The van der Waals surface area contributed by atoms with E-state index in [0.717, 1.165) is 6.42 Å². The van der Waals surface area contributed by atoms with Gasteiger partial charge in [-0.2, -0.15) is 0 Å². The molecular weight excluding hydrogens is 218 g/mol. The second-order valence-corrected chi connectivity index (χ2v) is 4.60. The van der Waals surface area contributed by atoms with E-state index in [-0.39, 0.29) is 18.5 Å². The van der Waals surface area contributed by atoms with Crippen molar-refractivity contribution in [1.82, 2.24) is 4.31 Å². The minimum absolute atomic E-state index is 0.0803. The molecule has 5 nitrogen and oxygen atoms in total. The lowest BCUT2D eigenvalue weighted by Gasteiger charge is -2.14. The SMILES string of the molecule is CCC(C)C(=O)OCCN(C)S(=O)OC. The minimum Gasteiger partial charge on any atom is -0.464 e. The monoisotopic (exact) mass is 237 g/mol. The summed E-state index contributed by atoms with van der Waals surface area (Å²) in [4.78, 5) is 11.2. The molecule has 0 saturated heterocycles. The van der Waals surface area contributed by atoms with Gasteiger partial charge in [-0.25, -0.2) is 8.51 Å². The number of esters is 1. The maximum absolute atomic E-state index is 11.2. The Morgan fingerprint density at radius 2 is 2.13 bits per heavy atom. The van der Waals surface area contributed by atoms with E-state index in [2.05, 4.69) is 4.18 Å². The molecule has 0 aliphatic carbocycles. The van der Waals surface area contributed by atoms with Crippen LogP contribution in [0.5, 0.6) is 0 Å². The van der Waals surface area contributed by atoms with Crippen LogP contribution in [0, 0.1) is 5.92 Å². The van der Waals surface area contributed by atoms with Crippen LogP contribution in [0.3, 0.4) is 0 Å². The zero-order valence-corrected chi connectivity index (χ0v) is 10.5. The summed E-state index contributed by atoms with van der Waals surface area (Å²) >= 11 is -1.46. The summed E-state index contributed by atoms with van der Waals surface area (Å²) in [7, 11) is 2.99. The summed E-state index contributed by atoms with van der Waals surface area (Å²) in [5.41, 5.74) is 0. The summed E-state index contributed by atoms with van der Waals surface area (Å²) in [6.45, 7) is 4.37. The van der Waals surface area contributed by atoms with Crippen LogP contribution in [0.1, 0.15) is 20.3 Å². The van der Waals surface area contributed by atoms with Crippen molar-refractivity contribution in [3.8, 4) is 0 Å². The van der Waals surface area contributed by atoms with Gasteiger partial charge < -0.3 is 4.74 Å². The van der Waals surface area contributed by atoms with Gasteiger partial charge in [0.25, 0.3) is 0 Å². The predicted octanol–water partition coefficient (Wildman–Crippen LogP) is 0.733. The van der Waals surface area contributed by atoms with Gasteiger partial charge in [0.15, 0.2) is 0 Å². The van der Waals surface area contributed by atoms with Gasteiger partial charge in [-0.15, -0.1) is 0 Å². The molecule has 2 unspecified atom stereocenters. The largest absolute Gasteiger partial charge is 0.464 e. The van der Waals surface area contributed by atoms with Gasteiger partial charge in [0.2, 0.25) is 11.3 Å². The molecule has 0 aromatic carbocycles. The van der Waals surface area contributed by atoms with Crippen molar-refractivity contribution in [1.29, 1.82) is 0 Å². The first-order valence-electron chi connectivity index (χ1n) is 4.87. The molecule has 0 bridgehead atoms. The first kappa shape index (κ1) is 14.5. The molecule has 0 heterocycles. The third-order valence-corrected chi connectivity index (χ3v) is 3.04. The van der Waals surface area contributed by atoms with E-state index in [4.69, 9.17) is 4.74 Å². The molecule has 6 heteroatoms. The molecule has 2 atom stereocenters. The third-order valence-electron chi connectivity index (χ3n) is 2.06. The predicted molar refractivity (Wildman–Crippen MR) is 58.2 cm³/mol. The summed E-state index contributed by atoms with van der Waals surface area (Å²) in [6.07, 6.45) is 0.763. The van der Waals surface area contributed by atoms with E-state index in [0.29, 0.717) is 6.54 Å². The van der Waals surface area contributed by atoms with Crippen LogP contribution in [0.2, 0.25) is 0 Å². The average molecular weight is 237 g/mol. The van der Waals surface area contributed by atoms with Crippen molar-refractivity contribution in [2.75, 3.05) is 27.3 Å². The zero-order chi connectivity index (χ0) is 11.8. The lowest BCUT2D eigenvalue weighted by molar-refractivity contribution is -0.148. The molecule has 0 spiro atoms.